The molecule has 0 saturated heterocycles. The molecule has 0 amide bonds. The van der Waals surface area contributed by atoms with Crippen molar-refractivity contribution in [1.82, 2.24) is 5.32 Å². The first kappa shape index (κ1) is 11.0. The van der Waals surface area contributed by atoms with E-state index in [1.165, 1.54) is 25.7 Å². The van der Waals surface area contributed by atoms with Crippen molar-refractivity contribution in [2.45, 2.75) is 64.0 Å². The molecule has 0 heterocycles. The first-order valence-corrected chi connectivity index (χ1v) is 5.67. The Bertz CT molecular complexity index is 139. The second-order valence-corrected chi connectivity index (χ2v) is 4.65. The van der Waals surface area contributed by atoms with Gasteiger partial charge in [-0.25, -0.2) is 0 Å². The van der Waals surface area contributed by atoms with Gasteiger partial charge >= 0.3 is 0 Å². The minimum Gasteiger partial charge on any atom is -0.328 e. The van der Waals surface area contributed by atoms with Crippen molar-refractivity contribution in [3.63, 3.8) is 0 Å². The molecule has 0 radical (unpaired) electrons. The molecule has 2 heteroatoms. The third kappa shape index (κ3) is 3.65. The van der Waals surface area contributed by atoms with Crippen LogP contribution in [0.4, 0.5) is 0 Å². The lowest BCUT2D eigenvalue weighted by molar-refractivity contribution is 0.355. The normalized spacial score (nSPS) is 23.3. The summed E-state index contributed by atoms with van der Waals surface area (Å²) in [6.07, 6.45) is 7.68. The second-order valence-electron chi connectivity index (χ2n) is 4.65. The summed E-state index contributed by atoms with van der Waals surface area (Å²) < 4.78 is 0. The SMILES string of the molecule is CCC(N)CCNC1(C)CCCC1. The van der Waals surface area contributed by atoms with E-state index >= 15 is 0 Å². The minimum atomic E-state index is 0.387. The van der Waals surface area contributed by atoms with Gasteiger partial charge in [-0.1, -0.05) is 19.8 Å². The van der Waals surface area contributed by atoms with Gasteiger partial charge in [-0.3, -0.25) is 0 Å². The van der Waals surface area contributed by atoms with Crippen LogP contribution in [-0.4, -0.2) is 18.1 Å². The molecule has 0 aromatic heterocycles. The predicted molar refractivity (Wildman–Crippen MR) is 57.8 cm³/mol. The zero-order valence-electron chi connectivity index (χ0n) is 9.10. The van der Waals surface area contributed by atoms with E-state index < -0.39 is 0 Å². The van der Waals surface area contributed by atoms with E-state index in [4.69, 9.17) is 5.73 Å². The van der Waals surface area contributed by atoms with Gasteiger partial charge in [0.1, 0.15) is 0 Å². The molecule has 1 unspecified atom stereocenters. The topological polar surface area (TPSA) is 38.0 Å². The second kappa shape index (κ2) is 4.97. The first-order chi connectivity index (χ1) is 6.16. The standard InChI is InChI=1S/C11H24N2/c1-3-10(12)6-9-13-11(2)7-4-5-8-11/h10,13H,3-9,12H2,1-2H3. The molecule has 1 saturated carbocycles. The van der Waals surface area contributed by atoms with Gasteiger partial charge in [-0.05, 0) is 39.2 Å². The summed E-state index contributed by atoms with van der Waals surface area (Å²) in [5.41, 5.74) is 6.28. The molecule has 1 aliphatic rings. The van der Waals surface area contributed by atoms with Gasteiger partial charge in [0.2, 0.25) is 0 Å². The number of hydrogen-bond donors (Lipinski definition) is 2. The molecule has 1 atom stereocenters. The third-order valence-electron chi connectivity index (χ3n) is 3.30. The fraction of sp³-hybridized carbons (Fsp3) is 1.00. The lowest BCUT2D eigenvalue weighted by atomic mass is 10.0. The molecule has 13 heavy (non-hydrogen) atoms. The Morgan fingerprint density at radius 3 is 2.54 bits per heavy atom. The van der Waals surface area contributed by atoms with E-state index in [0.29, 0.717) is 11.6 Å². The van der Waals surface area contributed by atoms with Crippen LogP contribution in [-0.2, 0) is 0 Å². The summed E-state index contributed by atoms with van der Waals surface area (Å²) in [7, 11) is 0. The van der Waals surface area contributed by atoms with Crippen molar-refractivity contribution in [3.8, 4) is 0 Å². The van der Waals surface area contributed by atoms with Gasteiger partial charge < -0.3 is 11.1 Å². The van der Waals surface area contributed by atoms with E-state index in [-0.39, 0.29) is 0 Å². The molecule has 1 rings (SSSR count). The first-order valence-electron chi connectivity index (χ1n) is 5.67. The van der Waals surface area contributed by atoms with Crippen LogP contribution in [0.1, 0.15) is 52.4 Å². The van der Waals surface area contributed by atoms with Crippen LogP contribution in [0.25, 0.3) is 0 Å². The highest BCUT2D eigenvalue weighted by Crippen LogP contribution is 2.28. The van der Waals surface area contributed by atoms with E-state index in [1.54, 1.807) is 0 Å². The summed E-state index contributed by atoms with van der Waals surface area (Å²) in [5, 5.41) is 3.64. The number of rotatable bonds is 5. The Labute approximate surface area is 82.3 Å². The molecule has 1 fully saturated rings. The highest BCUT2D eigenvalue weighted by molar-refractivity contribution is 4.88. The van der Waals surface area contributed by atoms with Crippen molar-refractivity contribution >= 4 is 0 Å². The number of hydrogen-bond acceptors (Lipinski definition) is 2. The van der Waals surface area contributed by atoms with Crippen LogP contribution in [0.15, 0.2) is 0 Å². The van der Waals surface area contributed by atoms with Crippen molar-refractivity contribution in [2.75, 3.05) is 6.54 Å². The zero-order valence-corrected chi connectivity index (χ0v) is 9.10. The molecular weight excluding hydrogens is 160 g/mol. The highest BCUT2D eigenvalue weighted by Gasteiger charge is 2.27. The molecule has 0 spiro atoms. The minimum absolute atomic E-state index is 0.387. The molecule has 0 aliphatic heterocycles. The van der Waals surface area contributed by atoms with Crippen LogP contribution < -0.4 is 11.1 Å². The lowest BCUT2D eigenvalue weighted by Gasteiger charge is -2.26. The summed E-state index contributed by atoms with van der Waals surface area (Å²) in [6, 6.07) is 0.387. The molecule has 0 bridgehead atoms. The van der Waals surface area contributed by atoms with E-state index in [2.05, 4.69) is 19.2 Å². The molecule has 3 N–H and O–H groups in total. The van der Waals surface area contributed by atoms with Gasteiger partial charge in [0.25, 0.3) is 0 Å². The van der Waals surface area contributed by atoms with Gasteiger partial charge in [-0.15, -0.1) is 0 Å². The molecule has 1 aliphatic carbocycles. The molecule has 0 aromatic carbocycles. The third-order valence-corrected chi connectivity index (χ3v) is 3.30. The lowest BCUT2D eigenvalue weighted by Crippen LogP contribution is -2.41. The van der Waals surface area contributed by atoms with Gasteiger partial charge in [-0.2, -0.15) is 0 Å². The Hall–Kier alpha value is -0.0800. The average molecular weight is 184 g/mol. The van der Waals surface area contributed by atoms with E-state index in [9.17, 15) is 0 Å². The zero-order chi connectivity index (χ0) is 9.73. The van der Waals surface area contributed by atoms with Crippen molar-refractivity contribution in [2.24, 2.45) is 5.73 Å². The van der Waals surface area contributed by atoms with Crippen LogP contribution in [0.3, 0.4) is 0 Å². The Morgan fingerprint density at radius 1 is 1.38 bits per heavy atom. The summed E-state index contributed by atoms with van der Waals surface area (Å²) in [4.78, 5) is 0. The molecule has 0 aromatic rings. The summed E-state index contributed by atoms with van der Waals surface area (Å²) >= 11 is 0. The van der Waals surface area contributed by atoms with Crippen LogP contribution in [0.2, 0.25) is 0 Å². The van der Waals surface area contributed by atoms with Gasteiger partial charge in [0.15, 0.2) is 0 Å². The Kier molecular flexibility index (Phi) is 4.20. The van der Waals surface area contributed by atoms with Crippen LogP contribution in [0, 0.1) is 0 Å². The monoisotopic (exact) mass is 184 g/mol. The van der Waals surface area contributed by atoms with E-state index in [1.807, 2.05) is 0 Å². The Morgan fingerprint density at radius 2 is 2.00 bits per heavy atom. The number of nitrogens with one attached hydrogen (secondary N) is 1. The summed E-state index contributed by atoms with van der Waals surface area (Å²) in [6.45, 7) is 5.59. The van der Waals surface area contributed by atoms with Crippen molar-refractivity contribution in [1.29, 1.82) is 0 Å². The molecule has 78 valence electrons. The quantitative estimate of drug-likeness (QED) is 0.686. The summed E-state index contributed by atoms with van der Waals surface area (Å²) in [5.74, 6) is 0. The van der Waals surface area contributed by atoms with E-state index in [0.717, 1.165) is 19.4 Å². The Balaban J connectivity index is 2.11. The maximum absolute atomic E-state index is 5.86. The maximum atomic E-state index is 5.86. The van der Waals surface area contributed by atoms with Crippen LogP contribution >= 0.6 is 0 Å². The van der Waals surface area contributed by atoms with Crippen molar-refractivity contribution in [3.05, 3.63) is 0 Å². The fourth-order valence-corrected chi connectivity index (χ4v) is 2.10. The average Bonchev–Trinajstić information content (AvgIpc) is 2.52. The predicted octanol–water partition coefficient (Wildman–Crippen LogP) is 2.04. The molecule has 2 nitrogen and oxygen atoms in total. The number of nitrogens with two attached hydrogens (primary N) is 1. The fourth-order valence-electron chi connectivity index (χ4n) is 2.10. The van der Waals surface area contributed by atoms with Crippen LogP contribution in [0.5, 0.6) is 0 Å². The maximum Gasteiger partial charge on any atom is 0.0153 e. The van der Waals surface area contributed by atoms with Gasteiger partial charge in [0.05, 0.1) is 0 Å². The smallest absolute Gasteiger partial charge is 0.0153 e. The molecular formula is C11H24N2. The van der Waals surface area contributed by atoms with Crippen molar-refractivity contribution < 1.29 is 0 Å². The van der Waals surface area contributed by atoms with Gasteiger partial charge in [0, 0.05) is 11.6 Å². The highest BCUT2D eigenvalue weighted by atomic mass is 15.0. The largest absolute Gasteiger partial charge is 0.328 e.